The van der Waals surface area contributed by atoms with E-state index in [1.807, 2.05) is 6.07 Å². The van der Waals surface area contributed by atoms with E-state index in [9.17, 15) is 9.59 Å². The summed E-state index contributed by atoms with van der Waals surface area (Å²) in [4.78, 5) is 23.2. The molecule has 0 atom stereocenters. The highest BCUT2D eigenvalue weighted by atomic mass is 127. The van der Waals surface area contributed by atoms with Gasteiger partial charge >= 0.3 is 0 Å². The molecule has 0 aliphatic rings. The van der Waals surface area contributed by atoms with Crippen molar-refractivity contribution < 1.29 is 19.1 Å². The summed E-state index contributed by atoms with van der Waals surface area (Å²) >= 11 is 2.11. The van der Waals surface area contributed by atoms with Crippen LogP contribution in [0.15, 0.2) is 41.5 Å². The lowest BCUT2D eigenvalue weighted by atomic mass is 10.2. The number of benzene rings is 2. The van der Waals surface area contributed by atoms with Gasteiger partial charge < -0.3 is 14.8 Å². The van der Waals surface area contributed by atoms with Gasteiger partial charge in [0.1, 0.15) is 6.61 Å². The molecule has 0 saturated carbocycles. The van der Waals surface area contributed by atoms with Crippen LogP contribution < -0.4 is 20.2 Å². The second-order valence-corrected chi connectivity index (χ2v) is 6.65. The summed E-state index contributed by atoms with van der Waals surface area (Å²) < 4.78 is 11.6. The Morgan fingerprint density at radius 2 is 2.00 bits per heavy atom. The van der Waals surface area contributed by atoms with Crippen molar-refractivity contribution in [1.29, 1.82) is 0 Å². The quantitative estimate of drug-likeness (QED) is 0.270. The van der Waals surface area contributed by atoms with E-state index >= 15 is 0 Å². The first kappa shape index (κ1) is 21.2. The zero-order valence-electron chi connectivity index (χ0n) is 15.3. The van der Waals surface area contributed by atoms with E-state index in [0.29, 0.717) is 22.7 Å². The minimum Gasteiger partial charge on any atom is -0.493 e. The summed E-state index contributed by atoms with van der Waals surface area (Å²) in [6, 6.07) is 10.0. The molecule has 0 spiro atoms. The monoisotopic (exact) mass is 491 g/mol. The topological polar surface area (TPSA) is 89.0 Å². The smallest absolute Gasteiger partial charge is 0.271 e. The molecular weight excluding hydrogens is 473 g/mol. The average molecular weight is 491 g/mol. The van der Waals surface area contributed by atoms with Crippen LogP contribution in [0.2, 0.25) is 0 Å². The molecule has 0 bridgehead atoms. The molecular formula is C20H18IN3O4. The first-order valence-corrected chi connectivity index (χ1v) is 9.17. The fraction of sp³-hybridized carbons (Fsp3) is 0.150. The maximum Gasteiger partial charge on any atom is 0.271 e. The maximum atomic E-state index is 12.2. The summed E-state index contributed by atoms with van der Waals surface area (Å²) in [7, 11) is 1.53. The molecule has 2 rings (SSSR count). The highest BCUT2D eigenvalue weighted by Gasteiger charge is 2.11. The van der Waals surface area contributed by atoms with Gasteiger partial charge in [0, 0.05) is 18.2 Å². The Morgan fingerprint density at radius 1 is 1.29 bits per heavy atom. The van der Waals surface area contributed by atoms with E-state index in [2.05, 4.69) is 44.4 Å². The summed E-state index contributed by atoms with van der Waals surface area (Å²) in [5.74, 6) is 2.93. The first-order valence-electron chi connectivity index (χ1n) is 8.09. The number of amides is 2. The predicted octanol–water partition coefficient (Wildman–Crippen LogP) is 3.03. The first-order chi connectivity index (χ1) is 13.4. The predicted molar refractivity (Wildman–Crippen MR) is 116 cm³/mol. The molecule has 2 amide bonds. The van der Waals surface area contributed by atoms with E-state index in [0.717, 1.165) is 9.13 Å². The summed E-state index contributed by atoms with van der Waals surface area (Å²) in [6.45, 7) is 1.55. The average Bonchev–Trinajstić information content (AvgIpc) is 2.66. The Hall–Kier alpha value is -3.06. The molecule has 144 valence electrons. The van der Waals surface area contributed by atoms with Crippen LogP contribution in [0.4, 0.5) is 5.69 Å². The van der Waals surface area contributed by atoms with Crippen molar-refractivity contribution >= 4 is 46.3 Å². The van der Waals surface area contributed by atoms with Gasteiger partial charge in [0.05, 0.1) is 16.9 Å². The highest BCUT2D eigenvalue weighted by molar-refractivity contribution is 14.1. The fourth-order valence-corrected chi connectivity index (χ4v) is 2.99. The van der Waals surface area contributed by atoms with Gasteiger partial charge in [-0.3, -0.25) is 9.59 Å². The molecule has 0 radical (unpaired) electrons. The van der Waals surface area contributed by atoms with Gasteiger partial charge in [0.25, 0.3) is 5.91 Å². The number of terminal acetylenes is 1. The minimum absolute atomic E-state index is 0.135. The molecule has 0 aliphatic carbocycles. The minimum atomic E-state index is -0.374. The highest BCUT2D eigenvalue weighted by Crippen LogP contribution is 2.33. The molecule has 8 heteroatoms. The molecule has 0 aromatic heterocycles. The number of carbonyl (C=O) groups is 2. The molecule has 0 unspecified atom stereocenters. The van der Waals surface area contributed by atoms with E-state index in [1.165, 1.54) is 20.2 Å². The SMILES string of the molecule is C#CCOc1c(I)cc(/C=N\NC(=O)c2ccc(NC(C)=O)cc2)cc1OC. The summed E-state index contributed by atoms with van der Waals surface area (Å²) in [5, 5.41) is 6.61. The number of carbonyl (C=O) groups excluding carboxylic acids is 2. The van der Waals surface area contributed by atoms with Gasteiger partial charge in [0.2, 0.25) is 5.91 Å². The number of hydrogen-bond acceptors (Lipinski definition) is 5. The third kappa shape index (κ3) is 5.99. The molecule has 0 heterocycles. The lowest BCUT2D eigenvalue weighted by Gasteiger charge is -2.11. The van der Waals surface area contributed by atoms with Gasteiger partial charge in [-0.1, -0.05) is 5.92 Å². The Balaban J connectivity index is 2.05. The van der Waals surface area contributed by atoms with Crippen LogP contribution in [0.25, 0.3) is 0 Å². The lowest BCUT2D eigenvalue weighted by molar-refractivity contribution is -0.114. The molecule has 0 aliphatic heterocycles. The zero-order valence-corrected chi connectivity index (χ0v) is 17.4. The number of halogens is 1. The van der Waals surface area contributed by atoms with Gasteiger partial charge in [-0.2, -0.15) is 5.10 Å². The Bertz CT molecular complexity index is 934. The van der Waals surface area contributed by atoms with Crippen molar-refractivity contribution in [3.8, 4) is 23.8 Å². The molecule has 28 heavy (non-hydrogen) atoms. The number of methoxy groups -OCH3 is 1. The Kier molecular flexibility index (Phi) is 7.83. The van der Waals surface area contributed by atoms with Crippen LogP contribution in [0.5, 0.6) is 11.5 Å². The molecule has 2 aromatic rings. The maximum absolute atomic E-state index is 12.2. The molecule has 0 saturated heterocycles. The molecule has 7 nitrogen and oxygen atoms in total. The Morgan fingerprint density at radius 3 is 2.61 bits per heavy atom. The van der Waals surface area contributed by atoms with Crippen molar-refractivity contribution in [3.63, 3.8) is 0 Å². The second kappa shape index (κ2) is 10.3. The molecule has 0 fully saturated rings. The number of anilines is 1. The number of rotatable bonds is 7. The van der Waals surface area contributed by atoms with Crippen molar-refractivity contribution in [2.75, 3.05) is 19.0 Å². The Labute approximate surface area is 176 Å². The third-order valence-electron chi connectivity index (χ3n) is 3.40. The van der Waals surface area contributed by atoms with Gasteiger partial charge in [0.15, 0.2) is 11.5 Å². The van der Waals surface area contributed by atoms with Gasteiger partial charge in [-0.25, -0.2) is 5.43 Å². The lowest BCUT2D eigenvalue weighted by Crippen LogP contribution is -2.17. The van der Waals surface area contributed by atoms with Crippen LogP contribution in [0.1, 0.15) is 22.8 Å². The van der Waals surface area contributed by atoms with Crippen molar-refractivity contribution in [2.24, 2.45) is 5.10 Å². The fourth-order valence-electron chi connectivity index (χ4n) is 2.21. The van der Waals surface area contributed by atoms with Crippen molar-refractivity contribution in [1.82, 2.24) is 5.43 Å². The number of hydrazone groups is 1. The van der Waals surface area contributed by atoms with Crippen LogP contribution in [-0.4, -0.2) is 31.7 Å². The molecule has 2 aromatic carbocycles. The number of nitrogens with one attached hydrogen (secondary N) is 2. The van der Waals surface area contributed by atoms with Gasteiger partial charge in [-0.05, 0) is 64.6 Å². The van der Waals surface area contributed by atoms with Crippen LogP contribution in [0.3, 0.4) is 0 Å². The van der Waals surface area contributed by atoms with E-state index in [-0.39, 0.29) is 18.4 Å². The summed E-state index contributed by atoms with van der Waals surface area (Å²) in [5.41, 5.74) is 4.20. The van der Waals surface area contributed by atoms with Crippen LogP contribution >= 0.6 is 22.6 Å². The van der Waals surface area contributed by atoms with E-state index in [4.69, 9.17) is 15.9 Å². The molecule has 2 N–H and O–H groups in total. The van der Waals surface area contributed by atoms with Crippen LogP contribution in [-0.2, 0) is 4.79 Å². The summed E-state index contributed by atoms with van der Waals surface area (Å²) in [6.07, 6.45) is 6.72. The van der Waals surface area contributed by atoms with E-state index in [1.54, 1.807) is 30.3 Å². The van der Waals surface area contributed by atoms with Crippen LogP contribution in [0, 0.1) is 15.9 Å². The normalized spacial score (nSPS) is 10.2. The van der Waals surface area contributed by atoms with Crippen molar-refractivity contribution in [3.05, 3.63) is 51.1 Å². The zero-order chi connectivity index (χ0) is 20.5. The van der Waals surface area contributed by atoms with Gasteiger partial charge in [-0.15, -0.1) is 6.42 Å². The number of ether oxygens (including phenoxy) is 2. The largest absolute Gasteiger partial charge is 0.493 e. The van der Waals surface area contributed by atoms with Crippen molar-refractivity contribution in [2.45, 2.75) is 6.92 Å². The van der Waals surface area contributed by atoms with E-state index < -0.39 is 0 Å². The second-order valence-electron chi connectivity index (χ2n) is 5.48. The number of hydrogen-bond donors (Lipinski definition) is 2. The third-order valence-corrected chi connectivity index (χ3v) is 4.20. The number of nitrogens with zero attached hydrogens (tertiary/aromatic N) is 1. The standard InChI is InChI=1S/C20H18IN3O4/c1-4-9-28-19-17(21)10-14(11-18(19)27-3)12-22-24-20(26)15-5-7-16(8-6-15)23-13(2)25/h1,5-8,10-12H,9H2,2-3H3,(H,23,25)(H,24,26)/b22-12-.